The Hall–Kier alpha value is -2.44. The van der Waals surface area contributed by atoms with Gasteiger partial charge in [0.15, 0.2) is 0 Å². The Balaban J connectivity index is 1.61. The lowest BCUT2D eigenvalue weighted by atomic mass is 10.2. The third-order valence-corrected chi connectivity index (χ3v) is 5.80. The van der Waals surface area contributed by atoms with Crippen LogP contribution in [0.1, 0.15) is 0 Å². The van der Waals surface area contributed by atoms with Gasteiger partial charge in [0.1, 0.15) is 12.5 Å². The molecular formula is C18H12N2O2S2. The van der Waals surface area contributed by atoms with Crippen LogP contribution < -0.4 is 0 Å². The lowest BCUT2D eigenvalue weighted by Gasteiger charge is -2.08. The maximum Gasteiger partial charge on any atom is 0.227 e. The van der Waals surface area contributed by atoms with Crippen molar-refractivity contribution in [2.24, 2.45) is 0 Å². The van der Waals surface area contributed by atoms with E-state index in [2.05, 4.69) is 22.1 Å². The Kier molecular flexibility index (Phi) is 4.40. The second kappa shape index (κ2) is 6.98. The molecule has 2 aromatic carbocycles. The number of nitrogens with zero attached hydrogens (tertiary/aromatic N) is 2. The maximum atomic E-state index is 5.44. The van der Waals surface area contributed by atoms with Gasteiger partial charge in [-0.05, 0) is 24.3 Å². The van der Waals surface area contributed by atoms with Crippen LogP contribution in [0.4, 0.5) is 0 Å². The molecule has 4 aromatic rings. The van der Waals surface area contributed by atoms with Crippen molar-refractivity contribution < 1.29 is 8.83 Å². The third kappa shape index (κ3) is 3.11. The van der Waals surface area contributed by atoms with Crippen molar-refractivity contribution in [3.8, 4) is 22.9 Å². The van der Waals surface area contributed by atoms with Gasteiger partial charge in [-0.25, -0.2) is 9.97 Å². The molecular weight excluding hydrogens is 340 g/mol. The quantitative estimate of drug-likeness (QED) is 0.423. The molecule has 0 amide bonds. The minimum atomic E-state index is 0.625. The Labute approximate surface area is 146 Å². The summed E-state index contributed by atoms with van der Waals surface area (Å²) in [6.45, 7) is 0. The van der Waals surface area contributed by atoms with E-state index >= 15 is 0 Å². The van der Waals surface area contributed by atoms with E-state index < -0.39 is 0 Å². The molecule has 0 atom stereocenters. The first-order valence-corrected chi connectivity index (χ1v) is 9.39. The van der Waals surface area contributed by atoms with Gasteiger partial charge in [-0.3, -0.25) is 0 Å². The highest BCUT2D eigenvalue weighted by molar-refractivity contribution is 8.76. The van der Waals surface area contributed by atoms with Gasteiger partial charge < -0.3 is 8.83 Å². The van der Waals surface area contributed by atoms with E-state index in [0.717, 1.165) is 20.9 Å². The molecule has 0 spiro atoms. The molecule has 2 aromatic heterocycles. The molecule has 24 heavy (non-hydrogen) atoms. The molecule has 4 rings (SSSR count). The highest BCUT2D eigenvalue weighted by atomic mass is 33.1. The Bertz CT molecular complexity index is 844. The van der Waals surface area contributed by atoms with Crippen molar-refractivity contribution in [1.82, 2.24) is 9.97 Å². The summed E-state index contributed by atoms with van der Waals surface area (Å²) in [5.41, 5.74) is 1.96. The van der Waals surface area contributed by atoms with Crippen LogP contribution in [0.25, 0.3) is 22.9 Å². The molecule has 0 radical (unpaired) electrons. The molecule has 2 heterocycles. The summed E-state index contributed by atoms with van der Waals surface area (Å²) in [7, 11) is 3.31. The lowest BCUT2D eigenvalue weighted by Crippen LogP contribution is -1.82. The summed E-state index contributed by atoms with van der Waals surface area (Å²) >= 11 is 0. The van der Waals surface area contributed by atoms with Crippen LogP contribution in [0, 0.1) is 0 Å². The molecule has 0 aliphatic rings. The van der Waals surface area contributed by atoms with Crippen molar-refractivity contribution in [2.45, 2.75) is 9.79 Å². The second-order valence-corrected chi connectivity index (χ2v) is 7.05. The SMILES string of the molecule is c1ccc(-c2ncco2)c(SSc2ccccc2-c2ncco2)c1. The zero-order valence-corrected chi connectivity index (χ0v) is 14.1. The number of hydrogen-bond donors (Lipinski definition) is 0. The third-order valence-electron chi connectivity index (χ3n) is 3.32. The molecule has 0 saturated heterocycles. The largest absolute Gasteiger partial charge is 0.444 e. The highest BCUT2D eigenvalue weighted by Gasteiger charge is 2.13. The smallest absolute Gasteiger partial charge is 0.227 e. The number of benzene rings is 2. The normalized spacial score (nSPS) is 10.8. The average molecular weight is 352 g/mol. The molecule has 0 unspecified atom stereocenters. The molecule has 0 fully saturated rings. The Morgan fingerprint density at radius 2 is 1.08 bits per heavy atom. The molecule has 6 heteroatoms. The standard InChI is InChI=1S/C18H12N2O2S2/c1-3-7-15(13(5-1)17-19-9-11-21-17)23-24-16-8-4-2-6-14(16)18-20-10-12-22-18/h1-12H. The van der Waals surface area contributed by atoms with Crippen molar-refractivity contribution in [1.29, 1.82) is 0 Å². The van der Waals surface area contributed by atoms with Crippen LogP contribution in [0.3, 0.4) is 0 Å². The van der Waals surface area contributed by atoms with Gasteiger partial charge in [0.05, 0.1) is 23.5 Å². The first-order valence-electron chi connectivity index (χ1n) is 7.24. The van der Waals surface area contributed by atoms with Gasteiger partial charge in [-0.15, -0.1) is 0 Å². The van der Waals surface area contributed by atoms with Crippen LogP contribution >= 0.6 is 21.6 Å². The van der Waals surface area contributed by atoms with Crippen LogP contribution in [-0.2, 0) is 0 Å². The van der Waals surface area contributed by atoms with Crippen molar-refractivity contribution in [2.75, 3.05) is 0 Å². The van der Waals surface area contributed by atoms with Gasteiger partial charge in [-0.2, -0.15) is 0 Å². The van der Waals surface area contributed by atoms with E-state index in [1.54, 1.807) is 46.5 Å². The summed E-state index contributed by atoms with van der Waals surface area (Å²) in [5.74, 6) is 1.25. The number of hydrogen-bond acceptors (Lipinski definition) is 6. The first-order chi connectivity index (χ1) is 11.9. The first kappa shape index (κ1) is 15.1. The van der Waals surface area contributed by atoms with Crippen LogP contribution in [0.2, 0.25) is 0 Å². The minimum absolute atomic E-state index is 0.625. The molecule has 0 aliphatic heterocycles. The number of aromatic nitrogens is 2. The van der Waals surface area contributed by atoms with Gasteiger partial charge in [0.2, 0.25) is 11.8 Å². The number of rotatable bonds is 5. The van der Waals surface area contributed by atoms with E-state index in [1.807, 2.05) is 36.4 Å². The molecule has 118 valence electrons. The summed E-state index contributed by atoms with van der Waals surface area (Å²) in [5, 5.41) is 0. The predicted octanol–water partition coefficient (Wildman–Crippen LogP) is 5.80. The second-order valence-electron chi connectivity index (χ2n) is 4.83. The molecule has 0 saturated carbocycles. The average Bonchev–Trinajstić information content (AvgIpc) is 3.34. The molecule has 0 aliphatic carbocycles. The monoisotopic (exact) mass is 352 g/mol. The number of oxazole rings is 2. The topological polar surface area (TPSA) is 52.1 Å². The minimum Gasteiger partial charge on any atom is -0.444 e. The predicted molar refractivity (Wildman–Crippen MR) is 95.6 cm³/mol. The summed E-state index contributed by atoms with van der Waals surface area (Å²) in [4.78, 5) is 10.7. The van der Waals surface area contributed by atoms with E-state index in [4.69, 9.17) is 8.83 Å². The highest BCUT2D eigenvalue weighted by Crippen LogP contribution is 2.44. The summed E-state index contributed by atoms with van der Waals surface area (Å²) in [6, 6.07) is 16.1. The van der Waals surface area contributed by atoms with Crippen molar-refractivity contribution >= 4 is 21.6 Å². The van der Waals surface area contributed by atoms with Crippen molar-refractivity contribution in [3.05, 3.63) is 73.5 Å². The van der Waals surface area contributed by atoms with Gasteiger partial charge in [0.25, 0.3) is 0 Å². The van der Waals surface area contributed by atoms with Crippen LogP contribution in [0.15, 0.2) is 92.1 Å². The van der Waals surface area contributed by atoms with Crippen LogP contribution in [-0.4, -0.2) is 9.97 Å². The lowest BCUT2D eigenvalue weighted by molar-refractivity contribution is 0.573. The zero-order chi connectivity index (χ0) is 16.2. The van der Waals surface area contributed by atoms with E-state index in [9.17, 15) is 0 Å². The Morgan fingerprint density at radius 3 is 1.50 bits per heavy atom. The van der Waals surface area contributed by atoms with Gasteiger partial charge >= 0.3 is 0 Å². The maximum absolute atomic E-state index is 5.44. The van der Waals surface area contributed by atoms with Crippen molar-refractivity contribution in [3.63, 3.8) is 0 Å². The molecule has 4 nitrogen and oxygen atoms in total. The fraction of sp³-hybridized carbons (Fsp3) is 0. The van der Waals surface area contributed by atoms with E-state index in [-0.39, 0.29) is 0 Å². The Morgan fingerprint density at radius 1 is 0.625 bits per heavy atom. The summed E-state index contributed by atoms with van der Waals surface area (Å²) < 4.78 is 10.9. The van der Waals surface area contributed by atoms with Gasteiger partial charge in [-0.1, -0.05) is 45.9 Å². The van der Waals surface area contributed by atoms with Gasteiger partial charge in [0, 0.05) is 9.79 Å². The van der Waals surface area contributed by atoms with Crippen LogP contribution in [0.5, 0.6) is 0 Å². The zero-order valence-electron chi connectivity index (χ0n) is 12.5. The molecule has 0 N–H and O–H groups in total. The molecule has 0 bridgehead atoms. The summed E-state index contributed by atoms with van der Waals surface area (Å²) in [6.07, 6.45) is 6.48. The fourth-order valence-electron chi connectivity index (χ4n) is 2.23. The van der Waals surface area contributed by atoms with E-state index in [0.29, 0.717) is 11.8 Å². The van der Waals surface area contributed by atoms with E-state index in [1.165, 1.54) is 0 Å². The fourth-order valence-corrected chi connectivity index (χ4v) is 4.58.